The van der Waals surface area contributed by atoms with E-state index >= 15 is 0 Å². The molecule has 1 amide bonds. The molecule has 3 rings (SSSR count). The minimum atomic E-state index is -3.87. The lowest BCUT2D eigenvalue weighted by Gasteiger charge is -2.20. The molecule has 32 heavy (non-hydrogen) atoms. The van der Waals surface area contributed by atoms with Gasteiger partial charge in [-0.2, -0.15) is 0 Å². The summed E-state index contributed by atoms with van der Waals surface area (Å²) in [4.78, 5) is 12.6. The first kappa shape index (κ1) is 23.3. The van der Waals surface area contributed by atoms with Gasteiger partial charge in [0.2, 0.25) is 15.9 Å². The molecule has 0 aliphatic heterocycles. The van der Waals surface area contributed by atoms with Crippen molar-refractivity contribution in [1.29, 1.82) is 0 Å². The number of amides is 1. The number of sulfonamides is 1. The summed E-state index contributed by atoms with van der Waals surface area (Å²) in [5.41, 5.74) is 2.33. The van der Waals surface area contributed by atoms with Gasteiger partial charge in [-0.25, -0.2) is 8.42 Å². The molecule has 0 aliphatic carbocycles. The minimum Gasteiger partial charge on any atom is -0.491 e. The number of carbonyl (C=O) groups is 1. The van der Waals surface area contributed by atoms with E-state index in [0.29, 0.717) is 17.9 Å². The Hall–Kier alpha value is -3.32. The predicted octanol–water partition coefficient (Wildman–Crippen LogP) is 4.32. The maximum atomic E-state index is 12.6. The highest BCUT2D eigenvalue weighted by Gasteiger charge is 2.21. The number of ether oxygens (including phenoxy) is 1. The van der Waals surface area contributed by atoms with Crippen molar-refractivity contribution < 1.29 is 17.9 Å². The van der Waals surface area contributed by atoms with Gasteiger partial charge in [0, 0.05) is 5.69 Å². The van der Waals surface area contributed by atoms with Gasteiger partial charge in [-0.15, -0.1) is 0 Å². The summed E-state index contributed by atoms with van der Waals surface area (Å²) in [7, 11) is -3.87. The zero-order valence-electron chi connectivity index (χ0n) is 18.2. The Kier molecular flexibility index (Phi) is 7.89. The van der Waals surface area contributed by atoms with Crippen LogP contribution in [0, 0.1) is 0 Å². The number of hydrogen-bond donors (Lipinski definition) is 2. The number of nitrogens with one attached hydrogen (secondary N) is 2. The molecule has 0 fully saturated rings. The Labute approximate surface area is 189 Å². The highest BCUT2D eigenvalue weighted by atomic mass is 32.2. The smallest absolute Gasteiger partial charge is 0.241 e. The third-order valence-corrected chi connectivity index (χ3v) is 5.83. The molecule has 0 spiro atoms. The monoisotopic (exact) mass is 452 g/mol. The van der Waals surface area contributed by atoms with Crippen LogP contribution >= 0.6 is 0 Å². The van der Waals surface area contributed by atoms with Crippen LogP contribution < -0.4 is 14.8 Å². The summed E-state index contributed by atoms with van der Waals surface area (Å²) in [5, 5.41) is 2.88. The summed E-state index contributed by atoms with van der Waals surface area (Å²) in [5.74, 6) is -0.593. The van der Waals surface area contributed by atoms with Gasteiger partial charge >= 0.3 is 0 Å². The van der Waals surface area contributed by atoms with Crippen molar-refractivity contribution in [2.24, 2.45) is 0 Å². The fourth-order valence-corrected chi connectivity index (χ4v) is 4.28. The average molecular weight is 453 g/mol. The highest BCUT2D eigenvalue weighted by Crippen LogP contribution is 2.20. The van der Waals surface area contributed by atoms with Crippen LogP contribution in [0.5, 0.6) is 5.75 Å². The van der Waals surface area contributed by atoms with Crippen LogP contribution in [0.25, 0.3) is 0 Å². The van der Waals surface area contributed by atoms with Gasteiger partial charge in [-0.05, 0) is 55.7 Å². The van der Waals surface area contributed by atoms with Crippen molar-refractivity contribution in [3.05, 3.63) is 96.1 Å². The van der Waals surface area contributed by atoms with Crippen LogP contribution in [0.3, 0.4) is 0 Å². The average Bonchev–Trinajstić information content (AvgIpc) is 2.75. The van der Waals surface area contributed by atoms with E-state index in [9.17, 15) is 13.2 Å². The fourth-order valence-electron chi connectivity index (χ4n) is 3.29. The van der Waals surface area contributed by atoms with E-state index < -0.39 is 21.7 Å². The van der Waals surface area contributed by atoms with E-state index in [1.807, 2.05) is 74.5 Å². The molecule has 2 N–H and O–H groups in total. The summed E-state index contributed by atoms with van der Waals surface area (Å²) >= 11 is 0. The van der Waals surface area contributed by atoms with Crippen LogP contribution in [-0.2, 0) is 21.2 Å². The maximum absolute atomic E-state index is 12.6. The third-order valence-electron chi connectivity index (χ3n) is 4.64. The van der Waals surface area contributed by atoms with Crippen LogP contribution in [0.2, 0.25) is 0 Å². The number of hydrogen-bond acceptors (Lipinski definition) is 4. The summed E-state index contributed by atoms with van der Waals surface area (Å²) in [6.07, 6.45) is 0.580. The summed E-state index contributed by atoms with van der Waals surface area (Å²) in [6, 6.07) is 25.5. The van der Waals surface area contributed by atoms with Gasteiger partial charge < -0.3 is 10.1 Å². The summed E-state index contributed by atoms with van der Waals surface area (Å²) < 4.78 is 33.1. The lowest BCUT2D eigenvalue weighted by Crippen LogP contribution is -2.36. The van der Waals surface area contributed by atoms with Gasteiger partial charge in [0.15, 0.2) is 0 Å². The number of rotatable bonds is 10. The molecular formula is C25H28N2O4S. The van der Waals surface area contributed by atoms with Crippen molar-refractivity contribution in [2.45, 2.75) is 32.4 Å². The van der Waals surface area contributed by atoms with Crippen LogP contribution in [0.1, 0.15) is 31.0 Å². The first-order valence-corrected chi connectivity index (χ1v) is 12.1. The zero-order valence-corrected chi connectivity index (χ0v) is 19.0. The molecule has 0 aromatic heterocycles. The molecule has 0 heterocycles. The molecule has 0 aliphatic rings. The number of benzene rings is 3. The molecule has 3 aromatic rings. The summed E-state index contributed by atoms with van der Waals surface area (Å²) in [6.45, 7) is 3.82. The van der Waals surface area contributed by atoms with Crippen LogP contribution in [0.15, 0.2) is 84.9 Å². The van der Waals surface area contributed by atoms with Crippen molar-refractivity contribution in [3.8, 4) is 5.75 Å². The first-order chi connectivity index (χ1) is 15.3. The maximum Gasteiger partial charge on any atom is 0.241 e. The molecule has 0 saturated carbocycles. The van der Waals surface area contributed by atoms with Gasteiger partial charge in [0.1, 0.15) is 11.5 Å². The van der Waals surface area contributed by atoms with Gasteiger partial charge in [0.25, 0.3) is 0 Å². The van der Waals surface area contributed by atoms with Crippen molar-refractivity contribution >= 4 is 21.6 Å². The molecule has 0 unspecified atom stereocenters. The molecule has 6 nitrogen and oxygen atoms in total. The van der Waals surface area contributed by atoms with Crippen molar-refractivity contribution in [1.82, 2.24) is 5.32 Å². The van der Waals surface area contributed by atoms with E-state index in [-0.39, 0.29) is 12.1 Å². The molecular weight excluding hydrogens is 424 g/mol. The Morgan fingerprint density at radius 1 is 0.875 bits per heavy atom. The SMILES string of the molecule is CC(C)Oc1ccc(NS(=O)(=O)CC(=O)N[C@H](Cc2ccccc2)c2ccccc2)cc1. The van der Waals surface area contributed by atoms with Crippen molar-refractivity contribution in [2.75, 3.05) is 10.5 Å². The normalized spacial score (nSPS) is 12.2. The molecule has 0 saturated heterocycles. The lowest BCUT2D eigenvalue weighted by molar-refractivity contribution is -0.119. The van der Waals surface area contributed by atoms with E-state index in [2.05, 4.69) is 10.0 Å². The zero-order chi connectivity index (χ0) is 23.0. The van der Waals surface area contributed by atoms with E-state index in [1.54, 1.807) is 24.3 Å². The topological polar surface area (TPSA) is 84.5 Å². The van der Waals surface area contributed by atoms with Gasteiger partial charge in [0.05, 0.1) is 12.1 Å². The van der Waals surface area contributed by atoms with E-state index in [0.717, 1.165) is 11.1 Å². The number of anilines is 1. The lowest BCUT2D eigenvalue weighted by atomic mass is 9.99. The largest absolute Gasteiger partial charge is 0.491 e. The minimum absolute atomic E-state index is 0.0229. The molecule has 0 radical (unpaired) electrons. The molecule has 7 heteroatoms. The third kappa shape index (κ3) is 7.42. The van der Waals surface area contributed by atoms with Gasteiger partial charge in [-0.1, -0.05) is 60.7 Å². The molecule has 0 bridgehead atoms. The van der Waals surface area contributed by atoms with Crippen LogP contribution in [-0.4, -0.2) is 26.2 Å². The molecule has 168 valence electrons. The Morgan fingerprint density at radius 2 is 1.47 bits per heavy atom. The highest BCUT2D eigenvalue weighted by molar-refractivity contribution is 7.93. The predicted molar refractivity (Wildman–Crippen MR) is 127 cm³/mol. The quantitative estimate of drug-likeness (QED) is 0.480. The van der Waals surface area contributed by atoms with Gasteiger partial charge in [-0.3, -0.25) is 9.52 Å². The fraction of sp³-hybridized carbons (Fsp3) is 0.240. The number of carbonyl (C=O) groups excluding carboxylic acids is 1. The Bertz CT molecular complexity index is 1100. The van der Waals surface area contributed by atoms with Crippen molar-refractivity contribution in [3.63, 3.8) is 0 Å². The Morgan fingerprint density at radius 3 is 2.06 bits per heavy atom. The first-order valence-electron chi connectivity index (χ1n) is 10.5. The standard InChI is InChI=1S/C25H28N2O4S/c1-19(2)31-23-15-13-22(14-16-23)27-32(29,30)18-25(28)26-24(21-11-7-4-8-12-21)17-20-9-5-3-6-10-20/h3-16,19,24,27H,17-18H2,1-2H3,(H,26,28)/t24-/m1/s1. The molecule has 1 atom stereocenters. The Balaban J connectivity index is 1.65. The second-order valence-electron chi connectivity index (χ2n) is 7.77. The molecule has 3 aromatic carbocycles. The second-order valence-corrected chi connectivity index (χ2v) is 9.49. The second kappa shape index (κ2) is 10.8. The van der Waals surface area contributed by atoms with Crippen LogP contribution in [0.4, 0.5) is 5.69 Å². The van der Waals surface area contributed by atoms with E-state index in [1.165, 1.54) is 0 Å². The van der Waals surface area contributed by atoms with E-state index in [4.69, 9.17) is 4.74 Å².